The standard InChI is InChI=1S/C12H11BrN2O5S/c13-9-5-10(15-6-7-2-1-3-20-7)8(12(16)17)4-11(9)21(14,18)19/h1-5,15H,6H2,(H,16,17)(H2,14,18,19). The second kappa shape index (κ2) is 5.88. The van der Waals surface area contributed by atoms with Gasteiger partial charge in [-0.05, 0) is 40.2 Å². The third-order valence-corrected chi connectivity index (χ3v) is 4.51. The Kier molecular flexibility index (Phi) is 4.35. The molecule has 2 rings (SSSR count). The maximum Gasteiger partial charge on any atom is 0.337 e. The Labute approximate surface area is 128 Å². The molecular weight excluding hydrogens is 364 g/mol. The van der Waals surface area contributed by atoms with E-state index in [2.05, 4.69) is 21.2 Å². The summed E-state index contributed by atoms with van der Waals surface area (Å²) in [5.74, 6) is -0.660. The number of benzene rings is 1. The second-order valence-corrected chi connectivity index (χ2v) is 6.50. The van der Waals surface area contributed by atoms with Crippen molar-refractivity contribution in [3.8, 4) is 0 Å². The van der Waals surface area contributed by atoms with Gasteiger partial charge >= 0.3 is 5.97 Å². The Morgan fingerprint density at radius 3 is 2.67 bits per heavy atom. The van der Waals surface area contributed by atoms with Gasteiger partial charge in [0.1, 0.15) is 5.76 Å². The first kappa shape index (κ1) is 15.5. The highest BCUT2D eigenvalue weighted by atomic mass is 79.9. The van der Waals surface area contributed by atoms with Crippen molar-refractivity contribution in [2.24, 2.45) is 5.14 Å². The average Bonchev–Trinajstić information content (AvgIpc) is 2.87. The van der Waals surface area contributed by atoms with E-state index in [1.807, 2.05) is 0 Å². The third-order valence-electron chi connectivity index (χ3n) is 2.64. The molecule has 4 N–H and O–H groups in total. The number of rotatable bonds is 5. The predicted octanol–water partition coefficient (Wildman–Crippen LogP) is 2.00. The van der Waals surface area contributed by atoms with Crippen LogP contribution in [0.25, 0.3) is 0 Å². The number of carboxylic acids is 1. The van der Waals surface area contributed by atoms with E-state index in [1.165, 1.54) is 12.3 Å². The quantitative estimate of drug-likeness (QED) is 0.735. The first-order valence-corrected chi connectivity index (χ1v) is 7.99. The fourth-order valence-electron chi connectivity index (χ4n) is 1.69. The van der Waals surface area contributed by atoms with Crippen LogP contribution in [0.3, 0.4) is 0 Å². The molecule has 1 aromatic carbocycles. The summed E-state index contributed by atoms with van der Waals surface area (Å²) >= 11 is 3.07. The van der Waals surface area contributed by atoms with Crippen molar-refractivity contribution in [1.29, 1.82) is 0 Å². The summed E-state index contributed by atoms with van der Waals surface area (Å²) in [7, 11) is -4.02. The number of aromatic carboxylic acids is 1. The molecule has 7 nitrogen and oxygen atoms in total. The number of hydrogen-bond acceptors (Lipinski definition) is 5. The van der Waals surface area contributed by atoms with E-state index >= 15 is 0 Å². The zero-order valence-corrected chi connectivity index (χ0v) is 12.9. The summed E-state index contributed by atoms with van der Waals surface area (Å²) in [5, 5.41) is 17.1. The van der Waals surface area contributed by atoms with Crippen LogP contribution in [0.1, 0.15) is 16.1 Å². The molecule has 9 heteroatoms. The molecule has 0 bridgehead atoms. The summed E-state index contributed by atoms with van der Waals surface area (Å²) in [6.45, 7) is 0.258. The van der Waals surface area contributed by atoms with E-state index in [0.717, 1.165) is 6.07 Å². The fraction of sp³-hybridized carbons (Fsp3) is 0.0833. The van der Waals surface area contributed by atoms with Gasteiger partial charge in [-0.1, -0.05) is 0 Å². The van der Waals surface area contributed by atoms with Gasteiger partial charge in [-0.15, -0.1) is 0 Å². The Morgan fingerprint density at radius 2 is 2.14 bits per heavy atom. The van der Waals surface area contributed by atoms with E-state index < -0.39 is 16.0 Å². The Balaban J connectivity index is 2.41. The molecule has 0 unspecified atom stereocenters. The lowest BCUT2D eigenvalue weighted by Crippen LogP contribution is -2.15. The molecule has 0 atom stereocenters. The number of primary sulfonamides is 1. The molecule has 2 aromatic rings. The van der Waals surface area contributed by atoms with Crippen LogP contribution in [0, 0.1) is 0 Å². The number of halogens is 1. The lowest BCUT2D eigenvalue weighted by Gasteiger charge is -2.11. The minimum absolute atomic E-state index is 0.178. The van der Waals surface area contributed by atoms with Crippen LogP contribution in [0.5, 0.6) is 0 Å². The summed E-state index contributed by atoms with van der Waals surface area (Å²) in [6.07, 6.45) is 1.50. The topological polar surface area (TPSA) is 123 Å². The van der Waals surface area contributed by atoms with Gasteiger partial charge in [0.05, 0.1) is 29.0 Å². The van der Waals surface area contributed by atoms with E-state index in [-0.39, 0.29) is 27.2 Å². The molecule has 0 aliphatic carbocycles. The molecule has 1 heterocycles. The molecule has 0 fully saturated rings. The van der Waals surface area contributed by atoms with E-state index in [9.17, 15) is 18.3 Å². The molecule has 0 radical (unpaired) electrons. The first-order chi connectivity index (χ1) is 9.79. The van der Waals surface area contributed by atoms with Gasteiger partial charge in [0.25, 0.3) is 0 Å². The highest BCUT2D eigenvalue weighted by Gasteiger charge is 2.20. The van der Waals surface area contributed by atoms with Crippen molar-refractivity contribution in [1.82, 2.24) is 0 Å². The minimum atomic E-state index is -4.02. The van der Waals surface area contributed by atoms with Crippen molar-refractivity contribution < 1.29 is 22.7 Å². The average molecular weight is 375 g/mol. The van der Waals surface area contributed by atoms with E-state index in [4.69, 9.17) is 9.56 Å². The number of carbonyl (C=O) groups is 1. The predicted molar refractivity (Wildman–Crippen MR) is 78.5 cm³/mol. The molecule has 21 heavy (non-hydrogen) atoms. The van der Waals surface area contributed by atoms with Crippen molar-refractivity contribution in [2.75, 3.05) is 5.32 Å². The first-order valence-electron chi connectivity index (χ1n) is 5.65. The van der Waals surface area contributed by atoms with Crippen LogP contribution in [-0.2, 0) is 16.6 Å². The maximum atomic E-state index is 11.4. The van der Waals surface area contributed by atoms with Crippen LogP contribution in [0.4, 0.5) is 5.69 Å². The van der Waals surface area contributed by atoms with Crippen LogP contribution < -0.4 is 10.5 Å². The van der Waals surface area contributed by atoms with Crippen LogP contribution in [0.2, 0.25) is 0 Å². The maximum absolute atomic E-state index is 11.4. The summed E-state index contributed by atoms with van der Waals surface area (Å²) < 4.78 is 28.1. The molecule has 0 aliphatic heterocycles. The molecule has 0 saturated heterocycles. The third kappa shape index (κ3) is 3.63. The molecule has 0 spiro atoms. The molecule has 0 saturated carbocycles. The van der Waals surface area contributed by atoms with Gasteiger partial charge in [0.15, 0.2) is 0 Å². The number of hydrogen-bond donors (Lipinski definition) is 3. The van der Waals surface area contributed by atoms with Gasteiger partial charge in [0, 0.05) is 4.47 Å². The Hall–Kier alpha value is -1.84. The van der Waals surface area contributed by atoms with E-state index in [0.29, 0.717) is 5.76 Å². The van der Waals surface area contributed by atoms with Crippen molar-refractivity contribution >= 4 is 37.6 Å². The van der Waals surface area contributed by atoms with Crippen LogP contribution >= 0.6 is 15.9 Å². The van der Waals surface area contributed by atoms with Crippen molar-refractivity contribution in [2.45, 2.75) is 11.4 Å². The highest BCUT2D eigenvalue weighted by molar-refractivity contribution is 9.10. The number of sulfonamides is 1. The van der Waals surface area contributed by atoms with Gasteiger partial charge in [0.2, 0.25) is 10.0 Å². The number of nitrogens with two attached hydrogens (primary N) is 1. The Morgan fingerprint density at radius 1 is 1.43 bits per heavy atom. The van der Waals surface area contributed by atoms with Gasteiger partial charge < -0.3 is 14.8 Å². The lowest BCUT2D eigenvalue weighted by molar-refractivity contribution is 0.0697. The Bertz CT molecular complexity index is 771. The van der Waals surface area contributed by atoms with Crippen LogP contribution in [-0.4, -0.2) is 19.5 Å². The summed E-state index contributed by atoms with van der Waals surface area (Å²) in [4.78, 5) is 11.0. The van der Waals surface area contributed by atoms with Crippen molar-refractivity contribution in [3.05, 3.63) is 46.3 Å². The van der Waals surface area contributed by atoms with Gasteiger partial charge in [-0.3, -0.25) is 0 Å². The fourth-order valence-corrected chi connectivity index (χ4v) is 3.32. The number of anilines is 1. The molecule has 112 valence electrons. The minimum Gasteiger partial charge on any atom is -0.478 e. The summed E-state index contributed by atoms with van der Waals surface area (Å²) in [6, 6.07) is 5.79. The largest absolute Gasteiger partial charge is 0.478 e. The zero-order chi connectivity index (χ0) is 15.6. The SMILES string of the molecule is NS(=O)(=O)c1cc(C(=O)O)c(NCc2ccco2)cc1Br. The number of furan rings is 1. The number of carboxylic acid groups (broad SMARTS) is 1. The van der Waals surface area contributed by atoms with Crippen molar-refractivity contribution in [3.63, 3.8) is 0 Å². The lowest BCUT2D eigenvalue weighted by atomic mass is 10.2. The van der Waals surface area contributed by atoms with Crippen LogP contribution in [0.15, 0.2) is 44.3 Å². The normalized spacial score (nSPS) is 11.3. The molecule has 0 amide bonds. The zero-order valence-electron chi connectivity index (χ0n) is 10.5. The molecular formula is C12H11BrN2O5S. The van der Waals surface area contributed by atoms with E-state index in [1.54, 1.807) is 12.1 Å². The molecule has 1 aromatic heterocycles. The highest BCUT2D eigenvalue weighted by Crippen LogP contribution is 2.29. The monoisotopic (exact) mass is 374 g/mol. The second-order valence-electron chi connectivity index (χ2n) is 4.11. The molecule has 0 aliphatic rings. The number of nitrogens with one attached hydrogen (secondary N) is 1. The van der Waals surface area contributed by atoms with Gasteiger partial charge in [-0.25, -0.2) is 18.4 Å². The smallest absolute Gasteiger partial charge is 0.337 e. The summed E-state index contributed by atoms with van der Waals surface area (Å²) in [5.41, 5.74) is 0.0481. The van der Waals surface area contributed by atoms with Gasteiger partial charge in [-0.2, -0.15) is 0 Å².